The third kappa shape index (κ3) is 2.18. The first-order valence-corrected chi connectivity index (χ1v) is 7.08. The summed E-state index contributed by atoms with van der Waals surface area (Å²) in [6.07, 6.45) is 1.79. The van der Waals surface area contributed by atoms with Crippen molar-refractivity contribution in [3.05, 3.63) is 46.8 Å². The van der Waals surface area contributed by atoms with Crippen molar-refractivity contribution in [3.8, 4) is 0 Å². The Morgan fingerprint density at radius 2 is 2.14 bits per heavy atom. The van der Waals surface area contributed by atoms with Crippen LogP contribution in [-0.4, -0.2) is 21.1 Å². The highest BCUT2D eigenvalue weighted by Crippen LogP contribution is 2.37. The van der Waals surface area contributed by atoms with Crippen LogP contribution >= 0.6 is 0 Å². The lowest BCUT2D eigenvalue weighted by Gasteiger charge is -2.32. The van der Waals surface area contributed by atoms with E-state index >= 15 is 0 Å². The van der Waals surface area contributed by atoms with Gasteiger partial charge in [-0.25, -0.2) is 4.79 Å². The van der Waals surface area contributed by atoms with E-state index in [4.69, 9.17) is 0 Å². The maximum absolute atomic E-state index is 12.6. The minimum atomic E-state index is -0.381. The molecule has 2 aromatic rings. The Morgan fingerprint density at radius 3 is 2.86 bits per heavy atom. The Morgan fingerprint density at radius 1 is 1.38 bits per heavy atom. The first-order chi connectivity index (χ1) is 9.89. The lowest BCUT2D eigenvalue weighted by Crippen LogP contribution is -2.43. The third-order valence-electron chi connectivity index (χ3n) is 4.21. The van der Waals surface area contributed by atoms with E-state index in [9.17, 15) is 4.79 Å². The molecule has 5 nitrogen and oxygen atoms in total. The smallest absolute Gasteiger partial charge is 0.309 e. The molecule has 0 radical (unpaired) electrons. The molecule has 5 heteroatoms. The van der Waals surface area contributed by atoms with E-state index in [2.05, 4.69) is 15.5 Å². The van der Waals surface area contributed by atoms with Crippen LogP contribution in [0.4, 0.5) is 10.5 Å². The highest BCUT2D eigenvalue weighted by atomic mass is 16.2. The van der Waals surface area contributed by atoms with Crippen molar-refractivity contribution in [1.82, 2.24) is 15.1 Å². The zero-order valence-electron chi connectivity index (χ0n) is 12.8. The number of hydrogen-bond donors (Lipinski definition) is 2. The number of aromatic nitrogens is 2. The molecule has 0 unspecified atom stereocenters. The van der Waals surface area contributed by atoms with Crippen molar-refractivity contribution in [3.63, 3.8) is 0 Å². The second kappa shape index (κ2) is 4.62. The average Bonchev–Trinajstić information content (AvgIpc) is 2.96. The maximum Gasteiger partial charge on any atom is 0.322 e. The van der Waals surface area contributed by atoms with E-state index in [1.54, 1.807) is 6.20 Å². The monoisotopic (exact) mass is 284 g/mol. The molecule has 0 fully saturated rings. The largest absolute Gasteiger partial charge is 0.322 e. The summed E-state index contributed by atoms with van der Waals surface area (Å²) in [5.41, 5.74) is 4.77. The van der Waals surface area contributed by atoms with Gasteiger partial charge in [0, 0.05) is 11.3 Å². The molecule has 0 saturated heterocycles. The van der Waals surface area contributed by atoms with Gasteiger partial charge in [0.25, 0.3) is 0 Å². The zero-order chi connectivity index (χ0) is 15.2. The number of nitrogens with zero attached hydrogens (tertiary/aromatic N) is 2. The molecule has 3 rings (SSSR count). The van der Waals surface area contributed by atoms with E-state index < -0.39 is 0 Å². The predicted molar refractivity (Wildman–Crippen MR) is 82.1 cm³/mol. The van der Waals surface area contributed by atoms with Crippen LogP contribution in [0.3, 0.4) is 0 Å². The topological polar surface area (TPSA) is 61.0 Å². The number of benzene rings is 1. The van der Waals surface area contributed by atoms with Crippen molar-refractivity contribution >= 4 is 11.7 Å². The van der Waals surface area contributed by atoms with E-state index in [0.717, 1.165) is 28.1 Å². The van der Waals surface area contributed by atoms with Gasteiger partial charge in [0.05, 0.1) is 24.0 Å². The summed E-state index contributed by atoms with van der Waals surface area (Å²) in [6.45, 7) is 8.65. The molecule has 0 bridgehead atoms. The number of urea groups is 1. The van der Waals surface area contributed by atoms with Crippen LogP contribution in [0, 0.1) is 13.8 Å². The van der Waals surface area contributed by atoms with Crippen LogP contribution in [0.15, 0.2) is 24.4 Å². The van der Waals surface area contributed by atoms with Gasteiger partial charge in [-0.2, -0.15) is 5.10 Å². The summed E-state index contributed by atoms with van der Waals surface area (Å²) < 4.78 is 0. The van der Waals surface area contributed by atoms with Crippen LogP contribution in [0.1, 0.15) is 36.2 Å². The minimum absolute atomic E-state index is 0.0849. The summed E-state index contributed by atoms with van der Waals surface area (Å²) >= 11 is 0. The highest BCUT2D eigenvalue weighted by Gasteiger charge is 2.41. The molecule has 2 N–H and O–H groups in total. The lowest BCUT2D eigenvalue weighted by atomic mass is 10.0. The zero-order valence-corrected chi connectivity index (χ0v) is 12.8. The Balaban J connectivity index is 1.84. The van der Waals surface area contributed by atoms with Gasteiger partial charge in [0.15, 0.2) is 0 Å². The minimum Gasteiger partial charge on any atom is -0.309 e. The fourth-order valence-corrected chi connectivity index (χ4v) is 2.84. The lowest BCUT2D eigenvalue weighted by molar-refractivity contribution is 0.155. The number of carbonyl (C=O) groups excluding carboxylic acids is 1. The molecular weight excluding hydrogens is 264 g/mol. The van der Waals surface area contributed by atoms with Crippen LogP contribution in [-0.2, 0) is 12.1 Å². The van der Waals surface area contributed by atoms with Crippen molar-refractivity contribution in [1.29, 1.82) is 0 Å². The summed E-state index contributed by atoms with van der Waals surface area (Å²) in [6, 6.07) is 5.98. The molecule has 1 aliphatic heterocycles. The summed E-state index contributed by atoms with van der Waals surface area (Å²) in [5.74, 6) is 0. The molecule has 0 atom stereocenters. The van der Waals surface area contributed by atoms with E-state index in [1.807, 2.05) is 50.8 Å². The van der Waals surface area contributed by atoms with Crippen molar-refractivity contribution < 1.29 is 4.79 Å². The summed E-state index contributed by atoms with van der Waals surface area (Å²) in [4.78, 5) is 14.5. The van der Waals surface area contributed by atoms with Gasteiger partial charge in [0.2, 0.25) is 0 Å². The molecule has 0 spiro atoms. The number of rotatable bonds is 1. The normalized spacial score (nSPS) is 15.9. The van der Waals surface area contributed by atoms with Crippen molar-refractivity contribution in [2.24, 2.45) is 0 Å². The SMILES string of the molecule is Cc1ccc(C)c(NC(=O)N2Cc3cn[nH]c3C2(C)C)c1. The van der Waals surface area contributed by atoms with Gasteiger partial charge in [0.1, 0.15) is 0 Å². The van der Waals surface area contributed by atoms with Crippen LogP contribution in [0.25, 0.3) is 0 Å². The maximum atomic E-state index is 12.6. The second-order valence-electron chi connectivity index (χ2n) is 6.16. The number of hydrogen-bond acceptors (Lipinski definition) is 2. The fraction of sp³-hybridized carbons (Fsp3) is 0.375. The van der Waals surface area contributed by atoms with E-state index in [1.165, 1.54) is 0 Å². The predicted octanol–water partition coefficient (Wildman–Crippen LogP) is 3.31. The number of nitrogens with one attached hydrogen (secondary N) is 2. The first-order valence-electron chi connectivity index (χ1n) is 7.08. The fourth-order valence-electron chi connectivity index (χ4n) is 2.84. The molecule has 1 aliphatic rings. The van der Waals surface area contributed by atoms with Gasteiger partial charge in [-0.15, -0.1) is 0 Å². The second-order valence-corrected chi connectivity index (χ2v) is 6.16. The quantitative estimate of drug-likeness (QED) is 0.844. The van der Waals surface area contributed by atoms with Crippen molar-refractivity contribution in [2.75, 3.05) is 5.32 Å². The van der Waals surface area contributed by atoms with Gasteiger partial charge >= 0.3 is 6.03 Å². The first kappa shape index (κ1) is 13.7. The van der Waals surface area contributed by atoms with Gasteiger partial charge in [-0.3, -0.25) is 5.10 Å². The number of anilines is 1. The molecule has 2 heterocycles. The molecule has 21 heavy (non-hydrogen) atoms. The number of carbonyl (C=O) groups is 1. The molecule has 2 amide bonds. The van der Waals surface area contributed by atoms with E-state index in [-0.39, 0.29) is 11.6 Å². The van der Waals surface area contributed by atoms with Gasteiger partial charge < -0.3 is 10.2 Å². The molecule has 0 aliphatic carbocycles. The Labute approximate surface area is 124 Å². The third-order valence-corrected chi connectivity index (χ3v) is 4.21. The summed E-state index contributed by atoms with van der Waals surface area (Å²) in [7, 11) is 0. The van der Waals surface area contributed by atoms with Crippen LogP contribution in [0.5, 0.6) is 0 Å². The number of fused-ring (bicyclic) bond motifs is 1. The van der Waals surface area contributed by atoms with Gasteiger partial charge in [-0.1, -0.05) is 12.1 Å². The van der Waals surface area contributed by atoms with Crippen molar-refractivity contribution in [2.45, 2.75) is 39.8 Å². The van der Waals surface area contributed by atoms with Gasteiger partial charge in [-0.05, 0) is 44.9 Å². The van der Waals surface area contributed by atoms with Crippen LogP contribution < -0.4 is 5.32 Å². The molecule has 1 aromatic heterocycles. The molecule has 1 aromatic carbocycles. The van der Waals surface area contributed by atoms with E-state index in [0.29, 0.717) is 6.54 Å². The highest BCUT2D eigenvalue weighted by molar-refractivity contribution is 5.91. The van der Waals surface area contributed by atoms with Crippen LogP contribution in [0.2, 0.25) is 0 Å². The standard InChI is InChI=1S/C16H20N4O/c1-10-5-6-11(2)13(7-10)18-15(21)20-9-12-8-17-19-14(12)16(20,3)4/h5-8H,9H2,1-4H3,(H,17,19)(H,18,21). The molecular formula is C16H20N4O. The molecule has 0 saturated carbocycles. The number of H-pyrrole nitrogens is 1. The Kier molecular flexibility index (Phi) is 3.01. The number of aryl methyl sites for hydroxylation is 2. The number of aromatic amines is 1. The molecule has 110 valence electrons. The average molecular weight is 284 g/mol. The Hall–Kier alpha value is -2.30. The number of amides is 2. The Bertz CT molecular complexity index is 702. The summed E-state index contributed by atoms with van der Waals surface area (Å²) in [5, 5.41) is 10.1.